The molecule has 2 rings (SSSR count). The average Bonchev–Trinajstić information content (AvgIpc) is 2.73. The Bertz CT molecular complexity index is 671. The van der Waals surface area contributed by atoms with Gasteiger partial charge in [-0.3, -0.25) is 9.36 Å². The predicted molar refractivity (Wildman–Crippen MR) is 81.4 cm³/mol. The molecule has 106 valence electrons. The van der Waals surface area contributed by atoms with Gasteiger partial charge in [0.05, 0.1) is 27.2 Å². The third kappa shape index (κ3) is 3.11. The van der Waals surface area contributed by atoms with Gasteiger partial charge in [-0.1, -0.05) is 41.0 Å². The summed E-state index contributed by atoms with van der Waals surface area (Å²) in [4.78, 5) is 15.0. The van der Waals surface area contributed by atoms with Gasteiger partial charge in [0.15, 0.2) is 5.16 Å². The van der Waals surface area contributed by atoms with Gasteiger partial charge in [-0.2, -0.15) is 0 Å². The summed E-state index contributed by atoms with van der Waals surface area (Å²) in [6.45, 7) is 3.72. The van der Waals surface area contributed by atoms with Crippen molar-refractivity contribution in [3.63, 3.8) is 0 Å². The summed E-state index contributed by atoms with van der Waals surface area (Å²) in [6.07, 6.45) is 1.79. The summed E-state index contributed by atoms with van der Waals surface area (Å²) >= 11 is 13.7. The number of nitrogens with zero attached hydrogens (tertiary/aromatic N) is 2. The summed E-state index contributed by atoms with van der Waals surface area (Å²) in [6, 6.07) is 3.60. The van der Waals surface area contributed by atoms with Gasteiger partial charge in [-0.25, -0.2) is 4.98 Å². The van der Waals surface area contributed by atoms with Crippen molar-refractivity contribution in [3.8, 4) is 5.69 Å². The minimum absolute atomic E-state index is 0.0719. The summed E-state index contributed by atoms with van der Waals surface area (Å²) in [5.41, 5.74) is 2.29. The molecule has 0 atom stereocenters. The highest BCUT2D eigenvalue weighted by Crippen LogP contribution is 2.34. The van der Waals surface area contributed by atoms with E-state index in [0.29, 0.717) is 20.9 Å². The largest absolute Gasteiger partial charge is 0.481 e. The van der Waals surface area contributed by atoms with Crippen molar-refractivity contribution in [2.45, 2.75) is 19.0 Å². The molecule has 0 spiro atoms. The van der Waals surface area contributed by atoms with Crippen molar-refractivity contribution in [1.29, 1.82) is 0 Å². The first kappa shape index (κ1) is 15.2. The Morgan fingerprint density at radius 2 is 2.10 bits per heavy atom. The number of aryl methyl sites for hydroxylation is 2. The van der Waals surface area contributed by atoms with Crippen LogP contribution in [0.5, 0.6) is 0 Å². The Hall–Kier alpha value is -1.17. The standard InChI is InChI=1S/C13H12Cl2N2O2S/c1-7-3-4-9(14)12(11(7)15)17-5-8(2)16-13(17)20-6-10(18)19/h3-5H,6H2,1-2H3,(H,18,19). The molecule has 0 amide bonds. The van der Waals surface area contributed by atoms with E-state index in [2.05, 4.69) is 4.98 Å². The number of carbonyl (C=O) groups is 1. The van der Waals surface area contributed by atoms with Gasteiger partial charge in [0.25, 0.3) is 0 Å². The van der Waals surface area contributed by atoms with Gasteiger partial charge in [-0.15, -0.1) is 0 Å². The van der Waals surface area contributed by atoms with E-state index in [1.807, 2.05) is 19.9 Å². The molecule has 1 aromatic heterocycles. The highest BCUT2D eigenvalue weighted by Gasteiger charge is 2.16. The van der Waals surface area contributed by atoms with Gasteiger partial charge < -0.3 is 5.11 Å². The first-order valence-corrected chi connectivity index (χ1v) is 7.50. The Morgan fingerprint density at radius 3 is 2.75 bits per heavy atom. The Kier molecular flexibility index (Phi) is 4.62. The molecule has 1 heterocycles. The lowest BCUT2D eigenvalue weighted by Crippen LogP contribution is -2.02. The predicted octanol–water partition coefficient (Wildman–Crippen LogP) is 3.97. The Balaban J connectivity index is 2.53. The number of imidazole rings is 1. The number of carboxylic acid groups (broad SMARTS) is 1. The molecular formula is C13H12Cl2N2O2S. The van der Waals surface area contributed by atoms with Gasteiger partial charge in [-0.05, 0) is 25.5 Å². The minimum Gasteiger partial charge on any atom is -0.481 e. The normalized spacial score (nSPS) is 10.8. The highest BCUT2D eigenvalue weighted by molar-refractivity contribution is 7.99. The van der Waals surface area contributed by atoms with E-state index >= 15 is 0 Å². The van der Waals surface area contributed by atoms with Crippen molar-refractivity contribution in [1.82, 2.24) is 9.55 Å². The highest BCUT2D eigenvalue weighted by atomic mass is 35.5. The van der Waals surface area contributed by atoms with E-state index in [0.717, 1.165) is 23.0 Å². The van der Waals surface area contributed by atoms with E-state index in [1.54, 1.807) is 16.8 Å². The van der Waals surface area contributed by atoms with Crippen LogP contribution >= 0.6 is 35.0 Å². The fourth-order valence-corrected chi connectivity index (χ4v) is 3.02. The molecular weight excluding hydrogens is 319 g/mol. The quantitative estimate of drug-likeness (QED) is 0.861. The molecule has 0 saturated heterocycles. The molecule has 0 aliphatic carbocycles. The van der Waals surface area contributed by atoms with Gasteiger partial charge >= 0.3 is 5.97 Å². The Morgan fingerprint density at radius 1 is 1.40 bits per heavy atom. The van der Waals surface area contributed by atoms with Crippen LogP contribution in [0.15, 0.2) is 23.5 Å². The number of carboxylic acids is 1. The second-order valence-electron chi connectivity index (χ2n) is 4.24. The third-order valence-corrected chi connectivity index (χ3v) is 4.34. The van der Waals surface area contributed by atoms with Crippen molar-refractivity contribution in [3.05, 3.63) is 39.6 Å². The SMILES string of the molecule is Cc1cn(-c2c(Cl)ccc(C)c2Cl)c(SCC(=O)O)n1. The summed E-state index contributed by atoms with van der Waals surface area (Å²) in [5.74, 6) is -0.971. The first-order chi connectivity index (χ1) is 9.40. The summed E-state index contributed by atoms with van der Waals surface area (Å²) in [5, 5.41) is 10.4. The topological polar surface area (TPSA) is 55.1 Å². The van der Waals surface area contributed by atoms with Crippen LogP contribution in [0, 0.1) is 13.8 Å². The number of thioether (sulfide) groups is 1. The van der Waals surface area contributed by atoms with Crippen LogP contribution in [0.1, 0.15) is 11.3 Å². The molecule has 0 aliphatic rings. The van der Waals surface area contributed by atoms with E-state index < -0.39 is 5.97 Å². The van der Waals surface area contributed by atoms with Crippen LogP contribution in [0.4, 0.5) is 0 Å². The van der Waals surface area contributed by atoms with E-state index in [-0.39, 0.29) is 5.75 Å². The van der Waals surface area contributed by atoms with Crippen LogP contribution in [-0.2, 0) is 4.79 Å². The van der Waals surface area contributed by atoms with E-state index in [9.17, 15) is 4.79 Å². The number of benzene rings is 1. The molecule has 1 N–H and O–H groups in total. The van der Waals surface area contributed by atoms with Crippen LogP contribution in [0.3, 0.4) is 0 Å². The van der Waals surface area contributed by atoms with Crippen molar-refractivity contribution in [2.24, 2.45) is 0 Å². The average molecular weight is 331 g/mol. The number of aliphatic carboxylic acids is 1. The second kappa shape index (κ2) is 6.08. The lowest BCUT2D eigenvalue weighted by molar-refractivity contribution is -0.133. The number of aromatic nitrogens is 2. The third-order valence-electron chi connectivity index (χ3n) is 2.62. The molecule has 2 aromatic rings. The maximum Gasteiger partial charge on any atom is 0.313 e. The van der Waals surface area contributed by atoms with Gasteiger partial charge in [0, 0.05) is 6.20 Å². The number of halogens is 2. The number of rotatable bonds is 4. The summed E-state index contributed by atoms with van der Waals surface area (Å²) in [7, 11) is 0. The molecule has 7 heteroatoms. The molecule has 20 heavy (non-hydrogen) atoms. The summed E-state index contributed by atoms with van der Waals surface area (Å²) < 4.78 is 1.74. The molecule has 0 unspecified atom stereocenters. The minimum atomic E-state index is -0.899. The fourth-order valence-electron chi connectivity index (χ4n) is 1.73. The van der Waals surface area contributed by atoms with Crippen molar-refractivity contribution >= 4 is 40.9 Å². The lowest BCUT2D eigenvalue weighted by Gasteiger charge is -2.12. The Labute approximate surface area is 130 Å². The van der Waals surface area contributed by atoms with Crippen molar-refractivity contribution < 1.29 is 9.90 Å². The fraction of sp³-hybridized carbons (Fsp3) is 0.231. The van der Waals surface area contributed by atoms with E-state index in [4.69, 9.17) is 28.3 Å². The zero-order chi connectivity index (χ0) is 14.9. The molecule has 1 aromatic carbocycles. The number of hydrogen-bond donors (Lipinski definition) is 1. The zero-order valence-electron chi connectivity index (χ0n) is 10.9. The monoisotopic (exact) mass is 330 g/mol. The van der Waals surface area contributed by atoms with Gasteiger partial charge in [0.2, 0.25) is 0 Å². The van der Waals surface area contributed by atoms with Crippen LogP contribution in [-0.4, -0.2) is 26.4 Å². The van der Waals surface area contributed by atoms with Crippen LogP contribution in [0.2, 0.25) is 10.0 Å². The molecule has 0 bridgehead atoms. The molecule has 0 aliphatic heterocycles. The van der Waals surface area contributed by atoms with Crippen molar-refractivity contribution in [2.75, 3.05) is 5.75 Å². The maximum atomic E-state index is 10.7. The molecule has 4 nitrogen and oxygen atoms in total. The second-order valence-corrected chi connectivity index (χ2v) is 5.97. The lowest BCUT2D eigenvalue weighted by atomic mass is 10.2. The van der Waals surface area contributed by atoms with Crippen LogP contribution in [0.25, 0.3) is 5.69 Å². The smallest absolute Gasteiger partial charge is 0.313 e. The van der Waals surface area contributed by atoms with E-state index in [1.165, 1.54) is 0 Å². The number of hydrogen-bond acceptors (Lipinski definition) is 3. The molecule has 0 radical (unpaired) electrons. The van der Waals surface area contributed by atoms with Gasteiger partial charge in [0.1, 0.15) is 0 Å². The maximum absolute atomic E-state index is 10.7. The molecule has 0 fully saturated rings. The zero-order valence-corrected chi connectivity index (χ0v) is 13.2. The molecule has 0 saturated carbocycles. The first-order valence-electron chi connectivity index (χ1n) is 5.75. The van der Waals surface area contributed by atoms with Crippen LogP contribution < -0.4 is 0 Å².